The number of hydrogen-bond acceptors (Lipinski definition) is 7. The lowest BCUT2D eigenvalue weighted by Crippen LogP contribution is -2.11. The van der Waals surface area contributed by atoms with Crippen molar-refractivity contribution < 1.29 is 9.53 Å². The van der Waals surface area contributed by atoms with Gasteiger partial charge in [-0.15, -0.1) is 0 Å². The van der Waals surface area contributed by atoms with Gasteiger partial charge in [0.1, 0.15) is 4.83 Å². The van der Waals surface area contributed by atoms with Gasteiger partial charge in [0.05, 0.1) is 23.2 Å². The number of aromatic nitrogens is 2. The minimum absolute atomic E-state index is 0.290. The molecule has 0 spiro atoms. The van der Waals surface area contributed by atoms with Gasteiger partial charge in [-0.1, -0.05) is 23.5 Å². The number of fused-ring (bicyclic) bond motifs is 1. The molecule has 0 amide bonds. The molecule has 0 saturated carbocycles. The lowest BCUT2D eigenvalue weighted by atomic mass is 10.2. The van der Waals surface area contributed by atoms with Crippen molar-refractivity contribution in [1.29, 1.82) is 0 Å². The molecule has 2 aromatic heterocycles. The quantitative estimate of drug-likeness (QED) is 0.742. The van der Waals surface area contributed by atoms with Crippen molar-refractivity contribution in [1.82, 2.24) is 9.97 Å². The first kappa shape index (κ1) is 15.1. The van der Waals surface area contributed by atoms with Crippen molar-refractivity contribution in [2.24, 2.45) is 0 Å². The highest BCUT2D eigenvalue weighted by Gasteiger charge is 2.13. The van der Waals surface area contributed by atoms with Crippen LogP contribution in [0.15, 0.2) is 47.4 Å². The number of rotatable bonds is 4. The van der Waals surface area contributed by atoms with Gasteiger partial charge in [0.2, 0.25) is 0 Å². The predicted octanol–water partition coefficient (Wildman–Crippen LogP) is 2.97. The molecule has 1 N–H and O–H groups in total. The lowest BCUT2D eigenvalue weighted by Gasteiger charge is -2.10. The Morgan fingerprint density at radius 2 is 2.09 bits per heavy atom. The summed E-state index contributed by atoms with van der Waals surface area (Å²) in [6.07, 6.45) is 1.62. The third kappa shape index (κ3) is 3.19. The number of esters is 1. The summed E-state index contributed by atoms with van der Waals surface area (Å²) >= 11 is 1.24. The molecular formula is C16H13N3O3S. The maximum atomic E-state index is 12.0. The van der Waals surface area contributed by atoms with Gasteiger partial charge in [0.15, 0.2) is 5.13 Å². The van der Waals surface area contributed by atoms with Crippen LogP contribution in [0.4, 0.5) is 10.8 Å². The average molecular weight is 327 g/mol. The maximum Gasteiger partial charge on any atom is 0.340 e. The second-order valence-corrected chi connectivity index (χ2v) is 5.55. The van der Waals surface area contributed by atoms with Gasteiger partial charge in [-0.2, -0.15) is 4.98 Å². The van der Waals surface area contributed by atoms with E-state index in [0.29, 0.717) is 33.2 Å². The molecule has 23 heavy (non-hydrogen) atoms. The van der Waals surface area contributed by atoms with E-state index in [1.54, 1.807) is 49.5 Å². The number of anilines is 2. The van der Waals surface area contributed by atoms with E-state index in [2.05, 4.69) is 15.3 Å². The number of nitrogens with zero attached hydrogens (tertiary/aromatic N) is 2. The summed E-state index contributed by atoms with van der Waals surface area (Å²) in [4.78, 5) is 32.8. The Labute approximate surface area is 135 Å². The normalized spacial score (nSPS) is 10.5. The smallest absolute Gasteiger partial charge is 0.340 e. The van der Waals surface area contributed by atoms with Crippen LogP contribution in [0.1, 0.15) is 17.3 Å². The average Bonchev–Trinajstić information content (AvgIpc) is 2.55. The molecule has 3 aromatic rings. The van der Waals surface area contributed by atoms with Gasteiger partial charge in [-0.05, 0) is 31.2 Å². The highest BCUT2D eigenvalue weighted by molar-refractivity contribution is 7.21. The highest BCUT2D eigenvalue weighted by atomic mass is 32.1. The van der Waals surface area contributed by atoms with Crippen LogP contribution in [-0.2, 0) is 4.74 Å². The fourth-order valence-electron chi connectivity index (χ4n) is 2.05. The second-order valence-electron chi connectivity index (χ2n) is 4.57. The largest absolute Gasteiger partial charge is 0.462 e. The summed E-state index contributed by atoms with van der Waals surface area (Å²) in [5.74, 6) is -0.429. The number of carbonyl (C=O) groups is 1. The summed E-state index contributed by atoms with van der Waals surface area (Å²) in [5.41, 5.74) is 0.560. The molecule has 0 saturated heterocycles. The van der Waals surface area contributed by atoms with Gasteiger partial charge in [0.25, 0.3) is 5.56 Å². The van der Waals surface area contributed by atoms with Gasteiger partial charge in [-0.3, -0.25) is 4.79 Å². The lowest BCUT2D eigenvalue weighted by molar-refractivity contribution is 0.0527. The van der Waals surface area contributed by atoms with E-state index in [-0.39, 0.29) is 5.56 Å². The van der Waals surface area contributed by atoms with Gasteiger partial charge in [0, 0.05) is 6.20 Å². The SMILES string of the molecule is CCOC(=O)c1ccccc1Nc1nc(=O)c2cccnc2s1. The van der Waals surface area contributed by atoms with Crippen LogP contribution in [0.5, 0.6) is 0 Å². The molecule has 3 rings (SSSR count). The van der Waals surface area contributed by atoms with Crippen molar-refractivity contribution in [2.75, 3.05) is 11.9 Å². The molecule has 0 aliphatic carbocycles. The molecule has 0 unspecified atom stereocenters. The van der Waals surface area contributed by atoms with E-state index < -0.39 is 5.97 Å². The number of carbonyl (C=O) groups excluding carboxylic acids is 1. The highest BCUT2D eigenvalue weighted by Crippen LogP contribution is 2.25. The number of nitrogens with one attached hydrogen (secondary N) is 1. The van der Waals surface area contributed by atoms with Crippen molar-refractivity contribution in [3.8, 4) is 0 Å². The van der Waals surface area contributed by atoms with Crippen LogP contribution < -0.4 is 10.9 Å². The molecule has 0 radical (unpaired) electrons. The predicted molar refractivity (Wildman–Crippen MR) is 89.4 cm³/mol. The van der Waals surface area contributed by atoms with E-state index in [1.807, 2.05) is 0 Å². The zero-order valence-corrected chi connectivity index (χ0v) is 13.1. The maximum absolute atomic E-state index is 12.0. The van der Waals surface area contributed by atoms with E-state index >= 15 is 0 Å². The Balaban J connectivity index is 2.00. The van der Waals surface area contributed by atoms with Gasteiger partial charge >= 0.3 is 5.97 Å². The van der Waals surface area contributed by atoms with Crippen LogP contribution in [0.2, 0.25) is 0 Å². The number of ether oxygens (including phenoxy) is 1. The summed E-state index contributed by atoms with van der Waals surface area (Å²) in [6.45, 7) is 2.04. The Kier molecular flexibility index (Phi) is 4.29. The third-order valence-corrected chi connectivity index (χ3v) is 3.97. The van der Waals surface area contributed by atoms with Crippen molar-refractivity contribution in [2.45, 2.75) is 6.92 Å². The van der Waals surface area contributed by atoms with E-state index in [1.165, 1.54) is 11.3 Å². The summed E-state index contributed by atoms with van der Waals surface area (Å²) in [7, 11) is 0. The van der Waals surface area contributed by atoms with Crippen molar-refractivity contribution in [3.05, 3.63) is 58.5 Å². The monoisotopic (exact) mass is 327 g/mol. The molecule has 0 aliphatic heterocycles. The fourth-order valence-corrected chi connectivity index (χ4v) is 2.90. The van der Waals surface area contributed by atoms with E-state index in [0.717, 1.165) is 0 Å². The molecule has 6 nitrogen and oxygen atoms in total. The molecule has 0 aliphatic rings. The first-order valence-electron chi connectivity index (χ1n) is 6.98. The fraction of sp³-hybridized carbons (Fsp3) is 0.125. The topological polar surface area (TPSA) is 81.2 Å². The van der Waals surface area contributed by atoms with Crippen LogP contribution in [0.25, 0.3) is 10.2 Å². The molecular weight excluding hydrogens is 314 g/mol. The van der Waals surface area contributed by atoms with Crippen LogP contribution >= 0.6 is 11.3 Å². The summed E-state index contributed by atoms with van der Waals surface area (Å²) in [5, 5.41) is 3.86. The van der Waals surface area contributed by atoms with Crippen LogP contribution in [0.3, 0.4) is 0 Å². The summed E-state index contributed by atoms with van der Waals surface area (Å²) < 4.78 is 5.03. The second kappa shape index (κ2) is 6.53. The molecule has 116 valence electrons. The molecule has 7 heteroatoms. The minimum atomic E-state index is -0.429. The zero-order chi connectivity index (χ0) is 16.2. The Morgan fingerprint density at radius 1 is 1.26 bits per heavy atom. The number of para-hydroxylation sites is 1. The van der Waals surface area contributed by atoms with Crippen LogP contribution in [-0.4, -0.2) is 22.5 Å². The van der Waals surface area contributed by atoms with E-state index in [4.69, 9.17) is 4.74 Å². The first-order chi connectivity index (χ1) is 11.2. The molecule has 0 bridgehead atoms. The third-order valence-electron chi connectivity index (χ3n) is 3.06. The zero-order valence-electron chi connectivity index (χ0n) is 12.3. The van der Waals surface area contributed by atoms with Crippen molar-refractivity contribution in [3.63, 3.8) is 0 Å². The number of pyridine rings is 1. The van der Waals surface area contributed by atoms with Gasteiger partial charge < -0.3 is 10.1 Å². The number of hydrogen-bond donors (Lipinski definition) is 1. The standard InChI is InChI=1S/C16H13N3O3S/c1-2-22-15(21)10-6-3-4-8-12(10)18-16-19-13(20)11-7-5-9-17-14(11)23-16/h3-9H,2H2,1H3,(H,18,19,20). The minimum Gasteiger partial charge on any atom is -0.462 e. The van der Waals surface area contributed by atoms with Crippen molar-refractivity contribution >= 4 is 38.3 Å². The number of benzene rings is 1. The molecule has 2 heterocycles. The molecule has 0 atom stereocenters. The summed E-state index contributed by atoms with van der Waals surface area (Å²) in [6, 6.07) is 10.3. The Morgan fingerprint density at radius 3 is 2.91 bits per heavy atom. The Hall–Kier alpha value is -2.80. The van der Waals surface area contributed by atoms with E-state index in [9.17, 15) is 9.59 Å². The Bertz CT molecular complexity index is 924. The van der Waals surface area contributed by atoms with Gasteiger partial charge in [-0.25, -0.2) is 9.78 Å². The molecule has 1 aromatic carbocycles. The van der Waals surface area contributed by atoms with Crippen LogP contribution in [0, 0.1) is 0 Å². The molecule has 0 fully saturated rings. The first-order valence-corrected chi connectivity index (χ1v) is 7.79.